The molecule has 0 bridgehead atoms. The van der Waals surface area contributed by atoms with Crippen LogP contribution in [-0.2, 0) is 24.0 Å². The molecule has 1 aliphatic heterocycles. The monoisotopic (exact) mass is 601 g/mol. The first-order valence-corrected chi connectivity index (χ1v) is 15.3. The van der Waals surface area contributed by atoms with Crippen molar-refractivity contribution in [2.24, 2.45) is 11.8 Å². The summed E-state index contributed by atoms with van der Waals surface area (Å²) in [5.74, 6) is -3.94. The first kappa shape index (κ1) is 31.5. The maximum atomic E-state index is 13.6. The fourth-order valence-electron chi connectivity index (χ4n) is 5.63. The van der Waals surface area contributed by atoms with Gasteiger partial charge in [0.25, 0.3) is 11.8 Å². The summed E-state index contributed by atoms with van der Waals surface area (Å²) < 4.78 is 0. The number of halogens is 1. The van der Waals surface area contributed by atoms with E-state index in [1.807, 2.05) is 6.92 Å². The number of ketones is 1. The summed E-state index contributed by atoms with van der Waals surface area (Å²) in [5, 5.41) is 14.2. The van der Waals surface area contributed by atoms with Gasteiger partial charge >= 0.3 is 0 Å². The lowest BCUT2D eigenvalue weighted by molar-refractivity contribution is -0.141. The molecule has 0 radical (unpaired) electrons. The van der Waals surface area contributed by atoms with Crippen LogP contribution in [0.25, 0.3) is 0 Å². The summed E-state index contributed by atoms with van der Waals surface area (Å²) in [6.07, 6.45) is 6.30. The maximum Gasteiger partial charge on any atom is 0.289 e. The molecule has 228 valence electrons. The van der Waals surface area contributed by atoms with Crippen LogP contribution in [0.2, 0.25) is 5.02 Å². The van der Waals surface area contributed by atoms with Crippen molar-refractivity contribution >= 4 is 46.9 Å². The van der Waals surface area contributed by atoms with E-state index in [1.165, 1.54) is 0 Å². The second-order valence-electron chi connectivity index (χ2n) is 11.5. The predicted octanol–water partition coefficient (Wildman–Crippen LogP) is 1.77. The van der Waals surface area contributed by atoms with Crippen LogP contribution in [-0.4, -0.2) is 66.0 Å². The topological polar surface area (TPSA) is 163 Å². The Morgan fingerprint density at radius 2 is 1.57 bits per heavy atom. The van der Waals surface area contributed by atoms with Gasteiger partial charge in [0.05, 0.1) is 6.04 Å². The Hall–Kier alpha value is -3.47. The maximum absolute atomic E-state index is 13.6. The molecule has 3 aliphatic rings. The highest BCUT2D eigenvalue weighted by atomic mass is 35.5. The molecule has 2 saturated carbocycles. The minimum atomic E-state index is -1.21. The van der Waals surface area contributed by atoms with Gasteiger partial charge in [0.1, 0.15) is 12.1 Å². The Bertz CT molecular complexity index is 1180. The molecule has 4 atom stereocenters. The highest BCUT2D eigenvalue weighted by molar-refractivity contribution is 6.38. The van der Waals surface area contributed by atoms with E-state index in [0.29, 0.717) is 30.0 Å². The molecule has 11 nitrogen and oxygen atoms in total. The van der Waals surface area contributed by atoms with Crippen molar-refractivity contribution in [3.05, 3.63) is 34.9 Å². The molecule has 1 aromatic rings. The molecule has 0 spiro atoms. The van der Waals surface area contributed by atoms with Crippen LogP contribution in [0.3, 0.4) is 0 Å². The lowest BCUT2D eigenvalue weighted by Crippen LogP contribution is -2.58. The number of carbonyl (C=O) groups excluding carboxylic acids is 6. The fraction of sp³-hybridized carbons (Fsp3) is 0.600. The summed E-state index contributed by atoms with van der Waals surface area (Å²) in [5.41, 5.74) is 0.361. The van der Waals surface area contributed by atoms with Gasteiger partial charge < -0.3 is 26.6 Å². The van der Waals surface area contributed by atoms with Crippen molar-refractivity contribution in [2.75, 3.05) is 6.54 Å². The number of nitrogens with one attached hydrogen (secondary N) is 5. The first-order valence-electron chi connectivity index (χ1n) is 15.0. The number of amides is 5. The van der Waals surface area contributed by atoms with E-state index in [9.17, 15) is 28.8 Å². The van der Waals surface area contributed by atoms with Gasteiger partial charge in [-0.25, -0.2) is 0 Å². The molecule has 3 fully saturated rings. The second kappa shape index (κ2) is 14.6. The minimum Gasteiger partial charge on any atom is -0.356 e. The van der Waals surface area contributed by atoms with Gasteiger partial charge in [0.15, 0.2) is 0 Å². The number of Topliss-reactive ketones (excluding diaryl/α,β-unsaturated/α-hetero) is 1. The molecule has 2 aliphatic carbocycles. The third-order valence-electron chi connectivity index (χ3n) is 8.21. The third kappa shape index (κ3) is 8.53. The SMILES string of the molecule is CCC[C@H](NC(=O)[C@H](NC(=O)c1ccc(Cl)cc1)C1CCCC1)C(=O)N[C@@H](C[C@@H]1CCNC1=O)C(=O)C(=O)NC1CC1. The molecule has 5 N–H and O–H groups in total. The molecule has 0 aromatic heterocycles. The second-order valence-corrected chi connectivity index (χ2v) is 12.0. The summed E-state index contributed by atoms with van der Waals surface area (Å²) >= 11 is 5.95. The van der Waals surface area contributed by atoms with Crippen LogP contribution in [0.15, 0.2) is 24.3 Å². The Balaban J connectivity index is 1.46. The van der Waals surface area contributed by atoms with Crippen LogP contribution in [0.1, 0.15) is 81.5 Å². The van der Waals surface area contributed by atoms with Crippen molar-refractivity contribution in [3.63, 3.8) is 0 Å². The van der Waals surface area contributed by atoms with E-state index in [4.69, 9.17) is 11.6 Å². The van der Waals surface area contributed by atoms with Gasteiger partial charge in [-0.1, -0.05) is 37.8 Å². The highest BCUT2D eigenvalue weighted by Gasteiger charge is 2.38. The molecule has 42 heavy (non-hydrogen) atoms. The number of rotatable bonds is 14. The molecular weight excluding hydrogens is 562 g/mol. The Labute approximate surface area is 250 Å². The summed E-state index contributed by atoms with van der Waals surface area (Å²) in [6.45, 7) is 2.32. The summed E-state index contributed by atoms with van der Waals surface area (Å²) in [6, 6.07) is 3.24. The Morgan fingerprint density at radius 1 is 0.905 bits per heavy atom. The van der Waals surface area contributed by atoms with E-state index in [1.54, 1.807) is 24.3 Å². The Morgan fingerprint density at radius 3 is 2.17 bits per heavy atom. The zero-order valence-corrected chi connectivity index (χ0v) is 24.6. The van der Waals surface area contributed by atoms with Crippen molar-refractivity contribution in [1.82, 2.24) is 26.6 Å². The Kier molecular flexibility index (Phi) is 11.0. The van der Waals surface area contributed by atoms with Crippen molar-refractivity contribution in [2.45, 2.75) is 95.3 Å². The third-order valence-corrected chi connectivity index (χ3v) is 8.46. The van der Waals surface area contributed by atoms with Crippen LogP contribution in [0, 0.1) is 11.8 Å². The van der Waals surface area contributed by atoms with Crippen molar-refractivity contribution < 1.29 is 28.8 Å². The van der Waals surface area contributed by atoms with E-state index in [-0.39, 0.29) is 30.7 Å². The van der Waals surface area contributed by atoms with Gasteiger partial charge in [-0.3, -0.25) is 28.8 Å². The molecule has 12 heteroatoms. The highest BCUT2D eigenvalue weighted by Crippen LogP contribution is 2.28. The standard InChI is InChI=1S/C30H40ClN5O6/c1-2-5-22(28(40)35-23(16-19-14-15-32-26(19)38)25(37)30(42)33-21-12-13-21)34-29(41)24(17-6-3-4-7-17)36-27(39)18-8-10-20(31)11-9-18/h8-11,17,19,21-24H,2-7,12-16H2,1H3,(H,32,38)(H,33,42)(H,34,41)(H,35,40)(H,36,39)/t19-,22-,23-,24+/m0/s1. The van der Waals surface area contributed by atoms with Crippen molar-refractivity contribution in [1.29, 1.82) is 0 Å². The number of benzene rings is 1. The fourth-order valence-corrected chi connectivity index (χ4v) is 5.76. The molecule has 4 rings (SSSR count). The summed E-state index contributed by atoms with van der Waals surface area (Å²) in [4.78, 5) is 78.0. The van der Waals surface area contributed by atoms with E-state index in [2.05, 4.69) is 26.6 Å². The van der Waals surface area contributed by atoms with Gasteiger partial charge in [0, 0.05) is 29.1 Å². The van der Waals surface area contributed by atoms with E-state index in [0.717, 1.165) is 38.5 Å². The number of hydrogen-bond donors (Lipinski definition) is 5. The quantitative estimate of drug-likeness (QED) is 0.204. The van der Waals surface area contributed by atoms with Crippen LogP contribution in [0.4, 0.5) is 0 Å². The van der Waals surface area contributed by atoms with Crippen LogP contribution >= 0.6 is 11.6 Å². The average Bonchev–Trinajstić information content (AvgIpc) is 3.43. The lowest BCUT2D eigenvalue weighted by Gasteiger charge is -2.28. The minimum absolute atomic E-state index is 0.0108. The first-order chi connectivity index (χ1) is 20.2. The zero-order valence-electron chi connectivity index (χ0n) is 23.9. The molecule has 1 aromatic carbocycles. The normalized spacial score (nSPS) is 20.6. The van der Waals surface area contributed by atoms with E-state index < -0.39 is 53.5 Å². The molecular formula is C30H40ClN5O6. The van der Waals surface area contributed by atoms with Crippen LogP contribution < -0.4 is 26.6 Å². The molecule has 5 amide bonds. The number of carbonyl (C=O) groups is 6. The zero-order chi connectivity index (χ0) is 30.2. The predicted molar refractivity (Wildman–Crippen MR) is 155 cm³/mol. The smallest absolute Gasteiger partial charge is 0.289 e. The van der Waals surface area contributed by atoms with Crippen LogP contribution in [0.5, 0.6) is 0 Å². The van der Waals surface area contributed by atoms with Crippen molar-refractivity contribution in [3.8, 4) is 0 Å². The van der Waals surface area contributed by atoms with Gasteiger partial charge in [-0.15, -0.1) is 0 Å². The van der Waals surface area contributed by atoms with E-state index >= 15 is 0 Å². The van der Waals surface area contributed by atoms with Gasteiger partial charge in [-0.05, 0) is 75.1 Å². The molecule has 1 saturated heterocycles. The molecule has 1 heterocycles. The largest absolute Gasteiger partial charge is 0.356 e. The van der Waals surface area contributed by atoms with Gasteiger partial charge in [0.2, 0.25) is 23.5 Å². The lowest BCUT2D eigenvalue weighted by atomic mass is 9.94. The van der Waals surface area contributed by atoms with Gasteiger partial charge in [-0.2, -0.15) is 0 Å². The average molecular weight is 602 g/mol. The summed E-state index contributed by atoms with van der Waals surface area (Å²) in [7, 11) is 0. The number of hydrogen-bond acceptors (Lipinski definition) is 6. The molecule has 0 unspecified atom stereocenters.